The normalized spacial score (nSPS) is 10.5. The summed E-state index contributed by atoms with van der Waals surface area (Å²) in [6.07, 6.45) is 1.95. The molecule has 0 saturated carbocycles. The number of nitrogens with two attached hydrogens (primary N) is 2. The molecule has 5 nitrogen and oxygen atoms in total. The van der Waals surface area contributed by atoms with E-state index in [9.17, 15) is 5.11 Å². The highest BCUT2D eigenvalue weighted by Gasteiger charge is 2.08. The monoisotopic (exact) mass is 391 g/mol. The number of ether oxygens (including phenoxy) is 2. The van der Waals surface area contributed by atoms with Crippen LogP contribution < -0.4 is 20.6 Å². The Labute approximate surface area is 171 Å². The lowest BCUT2D eigenvalue weighted by atomic mass is 9.99. The van der Waals surface area contributed by atoms with E-state index in [0.29, 0.717) is 24.8 Å². The van der Waals surface area contributed by atoms with Crippen LogP contribution in [0, 0.1) is 0 Å². The number of hydrogen-bond donors (Lipinski definition) is 3. The molecule has 5 N–H and O–H groups in total. The van der Waals surface area contributed by atoms with Crippen molar-refractivity contribution >= 4 is 5.84 Å². The van der Waals surface area contributed by atoms with Gasteiger partial charge in [-0.2, -0.15) is 0 Å². The Morgan fingerprint density at radius 2 is 1.66 bits per heavy atom. The van der Waals surface area contributed by atoms with Crippen LogP contribution in [0.2, 0.25) is 0 Å². The Kier molecular flexibility index (Phi) is 6.74. The molecule has 0 radical (unpaired) electrons. The summed E-state index contributed by atoms with van der Waals surface area (Å²) in [6, 6.07) is 20.8. The first-order valence-electron chi connectivity index (χ1n) is 9.73. The second kappa shape index (κ2) is 9.64. The zero-order chi connectivity index (χ0) is 20.6. The first-order chi connectivity index (χ1) is 14.1. The second-order valence-corrected chi connectivity index (χ2v) is 6.80. The van der Waals surface area contributed by atoms with Crippen LogP contribution in [0.1, 0.15) is 24.5 Å². The summed E-state index contributed by atoms with van der Waals surface area (Å²) in [5.41, 5.74) is 9.86. The van der Waals surface area contributed by atoms with Gasteiger partial charge in [0.1, 0.15) is 30.5 Å². The van der Waals surface area contributed by atoms with Crippen molar-refractivity contribution < 1.29 is 20.0 Å². The van der Waals surface area contributed by atoms with Crippen molar-refractivity contribution in [3.63, 3.8) is 0 Å². The summed E-state index contributed by atoms with van der Waals surface area (Å²) >= 11 is 0. The fourth-order valence-electron chi connectivity index (χ4n) is 3.10. The molecule has 3 rings (SSSR count). The van der Waals surface area contributed by atoms with Gasteiger partial charge in [0.15, 0.2) is 0 Å². The number of phenolic OH excluding ortho intramolecular Hbond substituents is 1. The molecular formula is C24H27N2O3+. The predicted molar refractivity (Wildman–Crippen MR) is 115 cm³/mol. The summed E-state index contributed by atoms with van der Waals surface area (Å²) in [7, 11) is 0. The highest BCUT2D eigenvalue weighted by Crippen LogP contribution is 2.28. The SMILES string of the molecule is CCCc1cc(-c2ccc(C(N)=[NH2+])cc2)ccc1OCCOc1cccc(O)c1. The van der Waals surface area contributed by atoms with E-state index in [0.717, 1.165) is 40.8 Å². The fourth-order valence-corrected chi connectivity index (χ4v) is 3.10. The van der Waals surface area contributed by atoms with E-state index in [2.05, 4.69) is 19.1 Å². The molecule has 5 heteroatoms. The number of rotatable bonds is 9. The Morgan fingerprint density at radius 3 is 2.34 bits per heavy atom. The molecule has 0 aliphatic heterocycles. The van der Waals surface area contributed by atoms with Crippen LogP contribution in [0.5, 0.6) is 17.2 Å². The first-order valence-corrected chi connectivity index (χ1v) is 9.73. The Balaban J connectivity index is 1.66. The van der Waals surface area contributed by atoms with E-state index in [4.69, 9.17) is 20.6 Å². The van der Waals surface area contributed by atoms with Crippen molar-refractivity contribution in [1.29, 1.82) is 0 Å². The predicted octanol–water partition coefficient (Wildman–Crippen LogP) is 2.93. The van der Waals surface area contributed by atoms with Crippen LogP contribution in [-0.2, 0) is 6.42 Å². The standard InChI is InChI=1S/C24H26N2O3/c1-2-4-20-15-19(17-7-9-18(10-8-17)24(25)26)11-12-23(20)29-14-13-28-22-6-3-5-21(27)16-22/h3,5-12,15-16,27H,2,4,13-14H2,1H3,(H3,25,26)/p+1. The molecule has 0 fully saturated rings. The minimum atomic E-state index is 0.185. The zero-order valence-electron chi connectivity index (χ0n) is 16.6. The highest BCUT2D eigenvalue weighted by molar-refractivity contribution is 5.93. The van der Waals surface area contributed by atoms with Gasteiger partial charge in [-0.1, -0.05) is 37.6 Å². The van der Waals surface area contributed by atoms with Crippen LogP contribution >= 0.6 is 0 Å². The van der Waals surface area contributed by atoms with Crippen molar-refractivity contribution in [3.8, 4) is 28.4 Å². The molecule has 0 aliphatic rings. The number of hydrogen-bond acceptors (Lipinski definition) is 3. The lowest BCUT2D eigenvalue weighted by Crippen LogP contribution is -2.46. The van der Waals surface area contributed by atoms with Crippen LogP contribution in [0.25, 0.3) is 11.1 Å². The number of phenols is 1. The van der Waals surface area contributed by atoms with Gasteiger partial charge < -0.3 is 14.6 Å². The maximum Gasteiger partial charge on any atom is 0.270 e. The maximum absolute atomic E-state index is 9.48. The van der Waals surface area contributed by atoms with Gasteiger partial charge in [0.25, 0.3) is 5.84 Å². The largest absolute Gasteiger partial charge is 0.508 e. The summed E-state index contributed by atoms with van der Waals surface area (Å²) < 4.78 is 11.6. The van der Waals surface area contributed by atoms with Crippen LogP contribution in [0.15, 0.2) is 66.7 Å². The van der Waals surface area contributed by atoms with Gasteiger partial charge in [-0.15, -0.1) is 0 Å². The molecule has 0 atom stereocenters. The maximum atomic E-state index is 9.48. The molecule has 3 aromatic carbocycles. The van der Waals surface area contributed by atoms with E-state index in [1.54, 1.807) is 24.3 Å². The lowest BCUT2D eigenvalue weighted by Gasteiger charge is -2.14. The Hall–Kier alpha value is -3.47. The molecule has 29 heavy (non-hydrogen) atoms. The van der Waals surface area contributed by atoms with Crippen LogP contribution in [0.3, 0.4) is 0 Å². The number of amidine groups is 1. The van der Waals surface area contributed by atoms with E-state index in [-0.39, 0.29) is 5.75 Å². The third-order valence-electron chi connectivity index (χ3n) is 4.56. The minimum absolute atomic E-state index is 0.185. The third kappa shape index (κ3) is 5.51. The van der Waals surface area contributed by atoms with Gasteiger partial charge in [0, 0.05) is 6.07 Å². The van der Waals surface area contributed by atoms with Gasteiger partial charge in [-0.3, -0.25) is 11.1 Å². The van der Waals surface area contributed by atoms with Crippen molar-refractivity contribution in [2.45, 2.75) is 19.8 Å². The van der Waals surface area contributed by atoms with Crippen molar-refractivity contribution in [3.05, 3.63) is 77.9 Å². The quantitative estimate of drug-likeness (QED) is 0.297. The molecule has 0 aliphatic carbocycles. The molecule has 0 aromatic heterocycles. The summed E-state index contributed by atoms with van der Waals surface area (Å²) in [4.78, 5) is 0. The molecule has 0 spiro atoms. The second-order valence-electron chi connectivity index (χ2n) is 6.80. The van der Waals surface area contributed by atoms with E-state index in [1.807, 2.05) is 30.3 Å². The molecule has 0 amide bonds. The van der Waals surface area contributed by atoms with Gasteiger partial charge in [0.2, 0.25) is 0 Å². The highest BCUT2D eigenvalue weighted by atomic mass is 16.5. The van der Waals surface area contributed by atoms with Crippen molar-refractivity contribution in [2.24, 2.45) is 5.73 Å². The molecular weight excluding hydrogens is 364 g/mol. The third-order valence-corrected chi connectivity index (χ3v) is 4.56. The first kappa shape index (κ1) is 20.3. The van der Waals surface area contributed by atoms with E-state index < -0.39 is 0 Å². The fraction of sp³-hybridized carbons (Fsp3) is 0.208. The molecule has 0 saturated heterocycles. The summed E-state index contributed by atoms with van der Waals surface area (Å²) in [5, 5.41) is 15.1. The van der Waals surface area contributed by atoms with Gasteiger partial charge in [-0.05, 0) is 59.5 Å². The van der Waals surface area contributed by atoms with Crippen molar-refractivity contribution in [1.82, 2.24) is 0 Å². The smallest absolute Gasteiger partial charge is 0.270 e. The van der Waals surface area contributed by atoms with Gasteiger partial charge in [0.05, 0.1) is 5.56 Å². The molecule has 0 unspecified atom stereocenters. The molecule has 150 valence electrons. The van der Waals surface area contributed by atoms with E-state index in [1.165, 1.54) is 0 Å². The van der Waals surface area contributed by atoms with Gasteiger partial charge >= 0.3 is 0 Å². The summed E-state index contributed by atoms with van der Waals surface area (Å²) in [6.45, 7) is 2.97. The average molecular weight is 391 g/mol. The molecule has 0 heterocycles. The zero-order valence-corrected chi connectivity index (χ0v) is 16.6. The lowest BCUT2D eigenvalue weighted by molar-refractivity contribution is -0.114. The Morgan fingerprint density at radius 1 is 0.931 bits per heavy atom. The summed E-state index contributed by atoms with van der Waals surface area (Å²) in [5.74, 6) is 1.99. The average Bonchev–Trinajstić information content (AvgIpc) is 2.72. The minimum Gasteiger partial charge on any atom is -0.508 e. The van der Waals surface area contributed by atoms with Crippen molar-refractivity contribution in [2.75, 3.05) is 13.2 Å². The van der Waals surface area contributed by atoms with Crippen LogP contribution in [-0.4, -0.2) is 24.2 Å². The van der Waals surface area contributed by atoms with Crippen LogP contribution in [0.4, 0.5) is 0 Å². The number of benzene rings is 3. The number of aromatic hydroxyl groups is 1. The number of aryl methyl sites for hydroxylation is 1. The topological polar surface area (TPSA) is 90.3 Å². The van der Waals surface area contributed by atoms with Gasteiger partial charge in [-0.25, -0.2) is 0 Å². The molecule has 0 bridgehead atoms. The molecule has 3 aromatic rings. The van der Waals surface area contributed by atoms with E-state index >= 15 is 0 Å². The Bertz CT molecular complexity index is 968.